The Morgan fingerprint density at radius 1 is 1.14 bits per heavy atom. The lowest BCUT2D eigenvalue weighted by Crippen LogP contribution is -2.06. The van der Waals surface area contributed by atoms with Crippen molar-refractivity contribution in [2.45, 2.75) is 4.90 Å². The molecule has 0 fully saturated rings. The van der Waals surface area contributed by atoms with Crippen molar-refractivity contribution in [1.82, 2.24) is 24.5 Å². The van der Waals surface area contributed by atoms with Crippen molar-refractivity contribution >= 4 is 17.7 Å². The summed E-state index contributed by atoms with van der Waals surface area (Å²) in [5, 5.41) is 0. The van der Waals surface area contributed by atoms with Crippen LogP contribution in [0.5, 0.6) is 11.8 Å². The molecule has 0 radical (unpaired) electrons. The highest BCUT2D eigenvalue weighted by atomic mass is 32.2. The zero-order valence-corrected chi connectivity index (χ0v) is 12.0. The first-order valence-corrected chi connectivity index (χ1v) is 7.29. The molecule has 0 atom stereocenters. The van der Waals surface area contributed by atoms with Crippen molar-refractivity contribution in [3.05, 3.63) is 43.0 Å². The van der Waals surface area contributed by atoms with Gasteiger partial charge >= 0.3 is 6.01 Å². The van der Waals surface area contributed by atoms with Gasteiger partial charge < -0.3 is 10.5 Å². The number of benzene rings is 1. The largest absolute Gasteiger partial charge is 0.424 e. The van der Waals surface area contributed by atoms with Crippen LogP contribution in [0.4, 0.5) is 5.95 Å². The summed E-state index contributed by atoms with van der Waals surface area (Å²) in [5.41, 5.74) is 5.69. The Morgan fingerprint density at radius 3 is 2.62 bits per heavy atom. The Labute approximate surface area is 125 Å². The van der Waals surface area contributed by atoms with Crippen LogP contribution in [0.25, 0.3) is 5.95 Å². The average molecular weight is 300 g/mol. The molecule has 0 saturated heterocycles. The molecule has 2 aromatic heterocycles. The minimum atomic E-state index is 0.0874. The molecule has 0 aliphatic carbocycles. The van der Waals surface area contributed by atoms with Gasteiger partial charge in [-0.05, 0) is 30.5 Å². The van der Waals surface area contributed by atoms with Crippen molar-refractivity contribution < 1.29 is 4.74 Å². The van der Waals surface area contributed by atoms with Crippen molar-refractivity contribution in [1.29, 1.82) is 0 Å². The maximum absolute atomic E-state index is 5.69. The first kappa shape index (κ1) is 13.4. The number of hydrogen-bond donors (Lipinski definition) is 1. The number of aromatic nitrogens is 5. The summed E-state index contributed by atoms with van der Waals surface area (Å²) in [5.74, 6) is 1.08. The van der Waals surface area contributed by atoms with Gasteiger partial charge in [0.1, 0.15) is 12.1 Å². The first-order valence-electron chi connectivity index (χ1n) is 6.06. The summed E-state index contributed by atoms with van der Waals surface area (Å²) in [4.78, 5) is 17.3. The van der Waals surface area contributed by atoms with E-state index in [1.54, 1.807) is 35.0 Å². The van der Waals surface area contributed by atoms with Crippen LogP contribution in [0, 0.1) is 0 Å². The lowest BCUT2D eigenvalue weighted by molar-refractivity contribution is 0.439. The number of nitrogens with two attached hydrogens (primary N) is 1. The number of rotatable bonds is 4. The van der Waals surface area contributed by atoms with Gasteiger partial charge in [-0.25, -0.2) is 4.98 Å². The Kier molecular flexibility index (Phi) is 3.69. The molecule has 21 heavy (non-hydrogen) atoms. The van der Waals surface area contributed by atoms with Crippen LogP contribution in [0.3, 0.4) is 0 Å². The molecule has 3 aromatic rings. The molecule has 0 amide bonds. The van der Waals surface area contributed by atoms with Gasteiger partial charge in [0.15, 0.2) is 0 Å². The van der Waals surface area contributed by atoms with Crippen LogP contribution in [0.1, 0.15) is 0 Å². The van der Waals surface area contributed by atoms with Crippen LogP contribution < -0.4 is 10.5 Å². The third-order valence-electron chi connectivity index (χ3n) is 2.62. The summed E-state index contributed by atoms with van der Waals surface area (Å²) < 4.78 is 7.24. The fourth-order valence-electron chi connectivity index (χ4n) is 1.65. The van der Waals surface area contributed by atoms with Crippen LogP contribution in [0.2, 0.25) is 0 Å². The molecule has 7 nitrogen and oxygen atoms in total. The van der Waals surface area contributed by atoms with Crippen molar-refractivity contribution in [2.24, 2.45) is 0 Å². The van der Waals surface area contributed by atoms with E-state index in [-0.39, 0.29) is 12.0 Å². The molecule has 0 aliphatic rings. The number of anilines is 1. The predicted molar refractivity (Wildman–Crippen MR) is 79.7 cm³/mol. The van der Waals surface area contributed by atoms with Crippen LogP contribution in [-0.4, -0.2) is 30.8 Å². The molecule has 8 heteroatoms. The van der Waals surface area contributed by atoms with E-state index in [0.29, 0.717) is 11.7 Å². The van der Waals surface area contributed by atoms with E-state index in [2.05, 4.69) is 19.9 Å². The summed E-state index contributed by atoms with van der Waals surface area (Å²) >= 11 is 1.66. The van der Waals surface area contributed by atoms with Gasteiger partial charge in [0.05, 0.1) is 0 Å². The van der Waals surface area contributed by atoms with Gasteiger partial charge in [-0.15, -0.1) is 11.8 Å². The summed E-state index contributed by atoms with van der Waals surface area (Å²) in [7, 11) is 0. The van der Waals surface area contributed by atoms with Gasteiger partial charge in [0, 0.05) is 17.3 Å². The highest BCUT2D eigenvalue weighted by Gasteiger charge is 2.08. The third-order valence-corrected chi connectivity index (χ3v) is 3.37. The van der Waals surface area contributed by atoms with Crippen molar-refractivity contribution in [3.63, 3.8) is 0 Å². The van der Waals surface area contributed by atoms with E-state index in [9.17, 15) is 0 Å². The number of hydrogen-bond acceptors (Lipinski definition) is 7. The van der Waals surface area contributed by atoms with Gasteiger partial charge in [-0.1, -0.05) is 0 Å². The zero-order chi connectivity index (χ0) is 14.7. The highest BCUT2D eigenvalue weighted by molar-refractivity contribution is 7.98. The highest BCUT2D eigenvalue weighted by Crippen LogP contribution is 2.22. The molecule has 1 aromatic carbocycles. The Balaban J connectivity index is 1.88. The lowest BCUT2D eigenvalue weighted by atomic mass is 10.3. The van der Waals surface area contributed by atoms with Crippen LogP contribution >= 0.6 is 11.8 Å². The molecule has 0 aliphatic heterocycles. The molecule has 106 valence electrons. The fraction of sp³-hybridized carbons (Fsp3) is 0.0769. The fourth-order valence-corrected chi connectivity index (χ4v) is 2.06. The normalized spacial score (nSPS) is 10.5. The second-order valence-corrected chi connectivity index (χ2v) is 4.90. The van der Waals surface area contributed by atoms with E-state index in [4.69, 9.17) is 10.5 Å². The SMILES string of the molecule is CSc1ccc(Oc2nc(N)nc(-n3ccnc3)n2)cc1. The molecule has 2 N–H and O–H groups in total. The number of nitrogens with zero attached hydrogens (tertiary/aromatic N) is 5. The smallest absolute Gasteiger partial charge is 0.328 e. The van der Waals surface area contributed by atoms with Crippen LogP contribution in [0.15, 0.2) is 47.9 Å². The topological polar surface area (TPSA) is 91.7 Å². The molecular formula is C13H12N6OS. The van der Waals surface area contributed by atoms with Gasteiger partial charge in [-0.3, -0.25) is 4.57 Å². The summed E-state index contributed by atoms with van der Waals surface area (Å²) in [6.07, 6.45) is 6.93. The monoisotopic (exact) mass is 300 g/mol. The lowest BCUT2D eigenvalue weighted by Gasteiger charge is -2.07. The Morgan fingerprint density at radius 2 is 1.95 bits per heavy atom. The molecular weight excluding hydrogens is 288 g/mol. The van der Waals surface area contributed by atoms with E-state index in [0.717, 1.165) is 4.90 Å². The molecule has 2 heterocycles. The van der Waals surface area contributed by atoms with E-state index in [1.165, 1.54) is 0 Å². The van der Waals surface area contributed by atoms with E-state index < -0.39 is 0 Å². The second kappa shape index (κ2) is 5.80. The van der Waals surface area contributed by atoms with E-state index >= 15 is 0 Å². The molecule has 3 rings (SSSR count). The second-order valence-electron chi connectivity index (χ2n) is 4.02. The predicted octanol–water partition coefficient (Wildman–Crippen LogP) is 2.15. The third kappa shape index (κ3) is 3.11. The number of ether oxygens (including phenoxy) is 1. The summed E-state index contributed by atoms with van der Waals surface area (Å²) in [6.45, 7) is 0. The van der Waals surface area contributed by atoms with Gasteiger partial charge in [0.25, 0.3) is 0 Å². The van der Waals surface area contributed by atoms with E-state index in [1.807, 2.05) is 30.5 Å². The maximum Gasteiger partial charge on any atom is 0.328 e. The minimum absolute atomic E-state index is 0.0874. The molecule has 0 spiro atoms. The standard InChI is InChI=1S/C13H12N6OS/c1-21-10-4-2-9(3-5-10)20-13-17-11(14)16-12(18-13)19-7-6-15-8-19/h2-8H,1H3,(H2,14,16,17,18). The van der Waals surface area contributed by atoms with Crippen molar-refractivity contribution in [3.8, 4) is 17.7 Å². The molecule has 0 saturated carbocycles. The number of imidazole rings is 1. The molecule has 0 bridgehead atoms. The Bertz CT molecular complexity index is 729. The Hall–Kier alpha value is -2.61. The summed E-state index contributed by atoms with van der Waals surface area (Å²) in [6, 6.07) is 7.76. The number of nitrogen functional groups attached to an aromatic ring is 1. The first-order chi connectivity index (χ1) is 10.2. The van der Waals surface area contributed by atoms with Crippen LogP contribution in [-0.2, 0) is 0 Å². The van der Waals surface area contributed by atoms with Gasteiger partial charge in [-0.2, -0.15) is 15.0 Å². The minimum Gasteiger partial charge on any atom is -0.424 e. The zero-order valence-electron chi connectivity index (χ0n) is 11.2. The van der Waals surface area contributed by atoms with Gasteiger partial charge in [0.2, 0.25) is 11.9 Å². The quantitative estimate of drug-likeness (QED) is 0.738. The number of thioether (sulfide) groups is 1. The molecule has 0 unspecified atom stereocenters. The van der Waals surface area contributed by atoms with Crippen molar-refractivity contribution in [2.75, 3.05) is 12.0 Å². The average Bonchev–Trinajstić information content (AvgIpc) is 3.02. The maximum atomic E-state index is 5.69.